The smallest absolute Gasteiger partial charge is 0.274 e. The standard InChI is InChI=1S/C21H16N6O2/c1-12-5-13(8-22)9-24-19(12)21(28)25-15-3-4-18-17(7-15)20(27-26-18)14-6-16(29-2)11-23-10-14/h3-7,9-11H,1-2H3,(H,25,28)(H,26,27). The maximum atomic E-state index is 12.6. The van der Waals surface area contributed by atoms with E-state index in [-0.39, 0.29) is 11.6 Å². The third-order valence-corrected chi connectivity index (χ3v) is 4.47. The number of methoxy groups -OCH3 is 1. The number of benzene rings is 1. The van der Waals surface area contributed by atoms with E-state index in [1.165, 1.54) is 6.20 Å². The molecule has 142 valence electrons. The largest absolute Gasteiger partial charge is 0.495 e. The Morgan fingerprint density at radius 2 is 2.07 bits per heavy atom. The molecule has 8 nitrogen and oxygen atoms in total. The monoisotopic (exact) mass is 384 g/mol. The van der Waals surface area contributed by atoms with Crippen LogP contribution in [0.1, 0.15) is 21.6 Å². The molecule has 0 unspecified atom stereocenters. The third kappa shape index (κ3) is 3.49. The second-order valence-electron chi connectivity index (χ2n) is 6.40. The summed E-state index contributed by atoms with van der Waals surface area (Å²) in [6, 6.07) is 11.0. The maximum absolute atomic E-state index is 12.6. The first-order valence-electron chi connectivity index (χ1n) is 8.74. The molecule has 0 aliphatic heterocycles. The molecular formula is C21H16N6O2. The number of nitrogens with zero attached hydrogens (tertiary/aromatic N) is 4. The molecule has 8 heteroatoms. The Morgan fingerprint density at radius 3 is 2.83 bits per heavy atom. The second-order valence-corrected chi connectivity index (χ2v) is 6.40. The van der Waals surface area contributed by atoms with Gasteiger partial charge in [-0.05, 0) is 42.8 Å². The van der Waals surface area contributed by atoms with Gasteiger partial charge in [-0.2, -0.15) is 10.4 Å². The van der Waals surface area contributed by atoms with Crippen LogP contribution in [0.15, 0.2) is 48.9 Å². The van der Waals surface area contributed by atoms with Crippen molar-refractivity contribution in [3.8, 4) is 23.1 Å². The van der Waals surface area contributed by atoms with Crippen molar-refractivity contribution < 1.29 is 9.53 Å². The topological polar surface area (TPSA) is 117 Å². The SMILES string of the molecule is COc1cncc(-c2n[nH]c3ccc(NC(=O)c4ncc(C#N)cc4C)cc23)c1. The summed E-state index contributed by atoms with van der Waals surface area (Å²) >= 11 is 0. The molecule has 3 aromatic heterocycles. The number of carbonyl (C=O) groups excluding carboxylic acids is 1. The van der Waals surface area contributed by atoms with Gasteiger partial charge >= 0.3 is 0 Å². The molecular weight excluding hydrogens is 368 g/mol. The Bertz CT molecular complexity index is 1270. The van der Waals surface area contributed by atoms with Crippen LogP contribution in [0.25, 0.3) is 22.2 Å². The fourth-order valence-electron chi connectivity index (χ4n) is 3.04. The van der Waals surface area contributed by atoms with Crippen molar-refractivity contribution in [2.24, 2.45) is 0 Å². The van der Waals surface area contributed by atoms with Crippen molar-refractivity contribution in [1.82, 2.24) is 20.2 Å². The maximum Gasteiger partial charge on any atom is 0.274 e. The first-order valence-corrected chi connectivity index (χ1v) is 8.74. The van der Waals surface area contributed by atoms with E-state index < -0.39 is 0 Å². The summed E-state index contributed by atoms with van der Waals surface area (Å²) in [5, 5.41) is 20.0. The molecule has 0 atom stereocenters. The summed E-state index contributed by atoms with van der Waals surface area (Å²) in [7, 11) is 1.58. The van der Waals surface area contributed by atoms with Crippen LogP contribution >= 0.6 is 0 Å². The summed E-state index contributed by atoms with van der Waals surface area (Å²) in [4.78, 5) is 20.9. The van der Waals surface area contributed by atoms with Crippen molar-refractivity contribution in [3.63, 3.8) is 0 Å². The number of hydrogen-bond donors (Lipinski definition) is 2. The highest BCUT2D eigenvalue weighted by Gasteiger charge is 2.14. The van der Waals surface area contributed by atoms with E-state index in [9.17, 15) is 4.79 Å². The average Bonchev–Trinajstić information content (AvgIpc) is 3.16. The Balaban J connectivity index is 1.67. The molecule has 1 amide bonds. The number of amides is 1. The molecule has 4 rings (SSSR count). The van der Waals surface area contributed by atoms with Gasteiger partial charge in [0, 0.05) is 29.0 Å². The number of nitrogens with one attached hydrogen (secondary N) is 2. The van der Waals surface area contributed by atoms with E-state index in [1.807, 2.05) is 24.3 Å². The lowest BCUT2D eigenvalue weighted by Crippen LogP contribution is -2.15. The predicted molar refractivity (Wildman–Crippen MR) is 108 cm³/mol. The molecule has 0 saturated carbocycles. The van der Waals surface area contributed by atoms with Crippen LogP contribution in [0.3, 0.4) is 0 Å². The van der Waals surface area contributed by atoms with Crippen LogP contribution in [-0.4, -0.2) is 33.2 Å². The van der Waals surface area contributed by atoms with Crippen molar-refractivity contribution in [2.75, 3.05) is 12.4 Å². The molecule has 0 spiro atoms. The predicted octanol–water partition coefficient (Wildman–Crippen LogP) is 3.46. The van der Waals surface area contributed by atoms with Gasteiger partial charge in [0.25, 0.3) is 5.91 Å². The van der Waals surface area contributed by atoms with Crippen molar-refractivity contribution in [1.29, 1.82) is 5.26 Å². The number of nitriles is 1. The molecule has 0 saturated heterocycles. The lowest BCUT2D eigenvalue weighted by molar-refractivity contribution is 0.102. The first-order chi connectivity index (χ1) is 14.1. The van der Waals surface area contributed by atoms with Gasteiger partial charge in [-0.1, -0.05) is 0 Å². The lowest BCUT2D eigenvalue weighted by Gasteiger charge is -2.08. The number of pyridine rings is 2. The molecule has 1 aromatic carbocycles. The number of anilines is 1. The summed E-state index contributed by atoms with van der Waals surface area (Å²) in [6.07, 6.45) is 4.71. The Labute approximate surface area is 166 Å². The number of carbonyl (C=O) groups is 1. The number of aromatic amines is 1. The van der Waals surface area contributed by atoms with E-state index in [0.29, 0.717) is 28.3 Å². The van der Waals surface area contributed by atoms with Gasteiger partial charge in [-0.25, -0.2) is 4.98 Å². The van der Waals surface area contributed by atoms with Gasteiger partial charge < -0.3 is 10.1 Å². The fourth-order valence-corrected chi connectivity index (χ4v) is 3.04. The molecule has 4 aromatic rings. The number of rotatable bonds is 4. The number of fused-ring (bicyclic) bond motifs is 1. The highest BCUT2D eigenvalue weighted by atomic mass is 16.5. The summed E-state index contributed by atoms with van der Waals surface area (Å²) in [6.45, 7) is 1.75. The van der Waals surface area contributed by atoms with Crippen LogP contribution in [0.2, 0.25) is 0 Å². The average molecular weight is 384 g/mol. The van der Waals surface area contributed by atoms with E-state index in [0.717, 1.165) is 16.5 Å². The van der Waals surface area contributed by atoms with Gasteiger partial charge in [0.15, 0.2) is 0 Å². The van der Waals surface area contributed by atoms with Crippen LogP contribution in [-0.2, 0) is 0 Å². The Kier molecular flexibility index (Phi) is 4.63. The highest BCUT2D eigenvalue weighted by Crippen LogP contribution is 2.30. The quantitative estimate of drug-likeness (QED) is 0.556. The highest BCUT2D eigenvalue weighted by molar-refractivity contribution is 6.05. The van der Waals surface area contributed by atoms with E-state index in [4.69, 9.17) is 10.00 Å². The van der Waals surface area contributed by atoms with Crippen molar-refractivity contribution >= 4 is 22.5 Å². The number of aromatic nitrogens is 4. The zero-order valence-electron chi connectivity index (χ0n) is 15.7. The number of H-pyrrole nitrogens is 1. The minimum absolute atomic E-state index is 0.272. The second kappa shape index (κ2) is 7.40. The van der Waals surface area contributed by atoms with Crippen molar-refractivity contribution in [3.05, 3.63) is 65.7 Å². The van der Waals surface area contributed by atoms with Crippen LogP contribution in [0, 0.1) is 18.3 Å². The number of aryl methyl sites for hydroxylation is 1. The third-order valence-electron chi connectivity index (χ3n) is 4.47. The van der Waals surface area contributed by atoms with Gasteiger partial charge in [0.1, 0.15) is 23.2 Å². The van der Waals surface area contributed by atoms with Crippen LogP contribution in [0.4, 0.5) is 5.69 Å². The Hall–Kier alpha value is -4.25. The number of ether oxygens (including phenoxy) is 1. The van der Waals surface area contributed by atoms with Gasteiger partial charge in [-0.15, -0.1) is 0 Å². The van der Waals surface area contributed by atoms with Gasteiger partial charge in [-0.3, -0.25) is 14.9 Å². The first kappa shape index (κ1) is 18.1. The number of hydrogen-bond acceptors (Lipinski definition) is 6. The zero-order valence-corrected chi connectivity index (χ0v) is 15.7. The molecule has 2 N–H and O–H groups in total. The normalized spacial score (nSPS) is 10.5. The summed E-state index contributed by atoms with van der Waals surface area (Å²) in [5.74, 6) is 0.282. The Morgan fingerprint density at radius 1 is 1.21 bits per heavy atom. The van der Waals surface area contributed by atoms with E-state index in [2.05, 4.69) is 25.5 Å². The van der Waals surface area contributed by atoms with Crippen molar-refractivity contribution in [2.45, 2.75) is 6.92 Å². The molecule has 0 bridgehead atoms. The van der Waals surface area contributed by atoms with E-state index >= 15 is 0 Å². The van der Waals surface area contributed by atoms with Crippen LogP contribution in [0.5, 0.6) is 5.75 Å². The molecule has 0 aliphatic carbocycles. The molecule has 3 heterocycles. The fraction of sp³-hybridized carbons (Fsp3) is 0.0952. The minimum Gasteiger partial charge on any atom is -0.495 e. The molecule has 0 radical (unpaired) electrons. The molecule has 0 fully saturated rings. The molecule has 0 aliphatic rings. The lowest BCUT2D eigenvalue weighted by atomic mass is 10.1. The summed E-state index contributed by atoms with van der Waals surface area (Å²) in [5.41, 5.74) is 4.25. The van der Waals surface area contributed by atoms with Gasteiger partial charge in [0.05, 0.1) is 24.4 Å². The van der Waals surface area contributed by atoms with Gasteiger partial charge in [0.2, 0.25) is 0 Å². The minimum atomic E-state index is -0.348. The van der Waals surface area contributed by atoms with Crippen LogP contribution < -0.4 is 10.1 Å². The summed E-state index contributed by atoms with van der Waals surface area (Å²) < 4.78 is 5.23. The zero-order chi connectivity index (χ0) is 20.4. The molecule has 29 heavy (non-hydrogen) atoms. The van der Waals surface area contributed by atoms with E-state index in [1.54, 1.807) is 38.6 Å².